The molecule has 9 aromatic carbocycles. The van der Waals surface area contributed by atoms with E-state index in [9.17, 15) is 19.2 Å². The number of hydrogen-bond donors (Lipinski definition) is 0. The molecular weight excluding hydrogens is 1950 g/mol. The molecule has 127 heavy (non-hydrogen) atoms. The first-order valence-electron chi connectivity index (χ1n) is 45.8. The number of carbonyl (C=O) groups excluding carboxylic acids is 4. The monoisotopic (exact) mass is 2090 g/mol. The normalized spacial score (nSPS) is 15.7. The van der Waals surface area contributed by atoms with E-state index in [1.807, 2.05) is 130 Å². The molecule has 0 N–H and O–H groups in total. The van der Waals surface area contributed by atoms with Crippen molar-refractivity contribution in [2.75, 3.05) is 46.8 Å². The van der Waals surface area contributed by atoms with Gasteiger partial charge in [-0.1, -0.05) is 96.6 Å². The summed E-state index contributed by atoms with van der Waals surface area (Å²) in [6, 6.07) is 82.3. The number of benzene rings is 9. The number of carbonyl (C=O) groups is 4. The quantitative estimate of drug-likeness (QED) is 0.0117. The van der Waals surface area contributed by atoms with Crippen LogP contribution in [0.3, 0.4) is 0 Å². The summed E-state index contributed by atoms with van der Waals surface area (Å²) < 4.78 is 78.4. The maximum atomic E-state index is 13.2. The van der Waals surface area contributed by atoms with Crippen LogP contribution < -0.4 is 87.3 Å². The van der Waals surface area contributed by atoms with Crippen LogP contribution in [0.2, 0.25) is 0 Å². The van der Waals surface area contributed by atoms with Gasteiger partial charge in [-0.2, -0.15) is 0 Å². The van der Waals surface area contributed by atoms with Crippen molar-refractivity contribution in [2.45, 2.75) is 261 Å². The van der Waals surface area contributed by atoms with Crippen molar-refractivity contribution in [3.8, 4) is 28.7 Å². The standard InChI is InChI=1S/C44H59O6S.C22H28IO3.C21H24IO3.C20H24IO4/c1-5-43(6-2,34-20-12-9-13-21-34)49-41(45)32-47-36-24-18-28-39(30-36)51(38-26-16-11-17-27-38)40-29-19-25-37(31-40)48-33-42(46)50-44(7-3,8-4)35-22-14-10-15-23-35;1-5-22(6-2,17(3)4)26-21(24)16-25-20-14-12-19(13-15-20)23-18-10-8-7-9-11-18;1-3-8-17(9-4-1)22-18-10-7-11-19(14-18)23-15-20-16-24-21(25-20)12-5-2-6-13-21;1-20(2,3)19(23-4)25-18(22)14-24-17-12-10-16(11-13-17)21-15-8-6-5-7-9-15/h11,16-19,24-31,34-35H,5-10,12-15,20-23,32-33H2,1-4H3;7-15,17H,5-6,16H2,1-4H3;1,3-4,7-11,14,20H,2,5-6,12-13,15-16H2;5-13,19H,14H2,1-4H3/q+1;3*-1. The Hall–Kier alpha value is -7.72. The molecule has 16 nitrogen and oxygen atoms in total. The van der Waals surface area contributed by atoms with Crippen LogP contribution in [0, 0.1) is 44.6 Å². The zero-order chi connectivity index (χ0) is 90.3. The van der Waals surface area contributed by atoms with E-state index >= 15 is 0 Å². The number of hydrogen-bond acceptors (Lipinski definition) is 16. The fraction of sp³-hybridized carbons (Fsp3) is 0.458. The molecular formula is C107H135I3O16S-2. The van der Waals surface area contributed by atoms with Gasteiger partial charge in [0.05, 0.1) is 10.9 Å². The van der Waals surface area contributed by atoms with Crippen LogP contribution in [0.5, 0.6) is 28.7 Å². The van der Waals surface area contributed by atoms with E-state index in [1.54, 1.807) is 0 Å². The first kappa shape index (κ1) is 101. The zero-order valence-corrected chi connectivity index (χ0v) is 83.9. The molecule has 0 aromatic heterocycles. The molecule has 2 unspecified atom stereocenters. The molecule has 1 spiro atoms. The minimum atomic E-state index is -0.596. The number of esters is 4. The first-order valence-corrected chi connectivity index (χ1v) is 53.5. The molecule has 4 aliphatic rings. The molecule has 0 amide bonds. The summed E-state index contributed by atoms with van der Waals surface area (Å²) in [7, 11) is 1.03. The van der Waals surface area contributed by atoms with E-state index < -0.39 is 40.0 Å². The van der Waals surface area contributed by atoms with Crippen molar-refractivity contribution in [1.82, 2.24) is 0 Å². The van der Waals surface area contributed by atoms with Gasteiger partial charge in [0.2, 0.25) is 0 Å². The SMILES string of the molecule is CCC(CC)(OC(=O)COc1ccc([I-]c2ccccc2)cc1)C(C)C.CCC(CC)(OC(=O)COc1cccc([S+](c2ccccc2)c2cccc(OCC(=O)OC(CC)(CC)C3CCCCC3)c2)c1)C1CCCCC1.COC(OC(=O)COc1ccc([I-]c2ccccc2)cc1)C(C)(C)C.c1ccc([I-]c2cccc(OCC3COC4(CCCCC4)O3)c2)cc1. The molecule has 1 saturated heterocycles. The van der Waals surface area contributed by atoms with Crippen molar-refractivity contribution in [1.29, 1.82) is 0 Å². The van der Waals surface area contributed by atoms with Gasteiger partial charge in [0, 0.05) is 12.1 Å². The Morgan fingerprint density at radius 3 is 1.17 bits per heavy atom. The van der Waals surface area contributed by atoms with E-state index in [0.717, 1.165) is 97.5 Å². The van der Waals surface area contributed by atoms with Gasteiger partial charge >= 0.3 is 500 Å². The topological polar surface area (TPSA) is 179 Å². The van der Waals surface area contributed by atoms with Crippen LogP contribution in [-0.4, -0.2) is 106 Å². The first-order chi connectivity index (χ1) is 61.5. The third-order valence-electron chi connectivity index (χ3n) is 24.2. The van der Waals surface area contributed by atoms with Crippen LogP contribution >= 0.6 is 0 Å². The predicted molar refractivity (Wildman–Crippen MR) is 489 cm³/mol. The molecule has 688 valence electrons. The molecule has 3 saturated carbocycles. The minimum absolute atomic E-state index is 0.0468. The van der Waals surface area contributed by atoms with Gasteiger partial charge in [0.25, 0.3) is 0 Å². The molecule has 3 aliphatic carbocycles. The summed E-state index contributed by atoms with van der Waals surface area (Å²) in [5.74, 6) is 2.96. The van der Waals surface area contributed by atoms with Gasteiger partial charge < -0.3 is 18.9 Å². The van der Waals surface area contributed by atoms with Crippen molar-refractivity contribution >= 4 is 34.8 Å². The average Bonchev–Trinajstić information content (AvgIpc) is 1.80. The molecule has 13 rings (SSSR count). The zero-order valence-electron chi connectivity index (χ0n) is 76.6. The average molecular weight is 2090 g/mol. The Labute approximate surface area is 790 Å². The fourth-order valence-electron chi connectivity index (χ4n) is 17.0. The summed E-state index contributed by atoms with van der Waals surface area (Å²) in [6.07, 6.45) is 21.9. The van der Waals surface area contributed by atoms with Gasteiger partial charge in [0.1, 0.15) is 22.7 Å². The fourth-order valence-corrected chi connectivity index (χ4v) is 25.9. The van der Waals surface area contributed by atoms with E-state index in [-0.39, 0.29) is 131 Å². The summed E-state index contributed by atoms with van der Waals surface area (Å²) in [6.45, 7) is 23.4. The molecule has 4 fully saturated rings. The van der Waals surface area contributed by atoms with Gasteiger partial charge in [0.15, 0.2) is 27.9 Å². The summed E-state index contributed by atoms with van der Waals surface area (Å²) in [4.78, 5) is 53.8. The Morgan fingerprint density at radius 1 is 0.394 bits per heavy atom. The third-order valence-corrected chi connectivity index (χ3v) is 34.4. The second-order valence-electron chi connectivity index (χ2n) is 34.1. The summed E-state index contributed by atoms with van der Waals surface area (Å²) in [5.41, 5.74) is -1.52. The third kappa shape index (κ3) is 32.1. The van der Waals surface area contributed by atoms with Crippen molar-refractivity contribution in [3.63, 3.8) is 0 Å². The van der Waals surface area contributed by atoms with Crippen LogP contribution in [-0.2, 0) is 63.2 Å². The Bertz CT molecular complexity index is 4600. The summed E-state index contributed by atoms with van der Waals surface area (Å²) in [5, 5.41) is 0. The van der Waals surface area contributed by atoms with Crippen molar-refractivity contribution in [3.05, 3.63) is 264 Å². The van der Waals surface area contributed by atoms with E-state index in [4.69, 9.17) is 56.8 Å². The van der Waals surface area contributed by atoms with Gasteiger partial charge in [-0.25, -0.2) is 9.59 Å². The van der Waals surface area contributed by atoms with Crippen molar-refractivity contribution < 1.29 is 140 Å². The van der Waals surface area contributed by atoms with E-state index in [1.165, 1.54) is 86.3 Å². The Kier molecular flexibility index (Phi) is 41.8. The molecule has 20 heteroatoms. The molecule has 0 bridgehead atoms. The second kappa shape index (κ2) is 52.4. The van der Waals surface area contributed by atoms with E-state index in [2.05, 4.69) is 189 Å². The van der Waals surface area contributed by atoms with Crippen molar-refractivity contribution in [2.24, 2.45) is 23.2 Å². The molecule has 1 aliphatic heterocycles. The molecule has 0 radical (unpaired) electrons. The van der Waals surface area contributed by atoms with Crippen LogP contribution in [0.25, 0.3) is 0 Å². The van der Waals surface area contributed by atoms with Crippen LogP contribution in [0.15, 0.2) is 257 Å². The van der Waals surface area contributed by atoms with Gasteiger partial charge in [-0.05, 0) is 99.6 Å². The van der Waals surface area contributed by atoms with Crippen LogP contribution in [0.1, 0.15) is 211 Å². The maximum absolute atomic E-state index is 13.2. The second-order valence-corrected chi connectivity index (χ2v) is 45.2. The number of methoxy groups -OCH3 is 1. The van der Waals surface area contributed by atoms with Crippen LogP contribution in [0.4, 0.5) is 0 Å². The number of halogens is 3. The number of rotatable bonds is 38. The van der Waals surface area contributed by atoms with Gasteiger partial charge in [-0.15, -0.1) is 0 Å². The molecule has 1 heterocycles. The summed E-state index contributed by atoms with van der Waals surface area (Å²) >= 11 is -0.546. The Morgan fingerprint density at radius 2 is 0.756 bits per heavy atom. The number of ether oxygens (including phenoxy) is 12. The van der Waals surface area contributed by atoms with Gasteiger partial charge in [-0.3, -0.25) is 0 Å². The van der Waals surface area contributed by atoms with E-state index in [0.29, 0.717) is 48.0 Å². The predicted octanol–water partition coefficient (Wildman–Crippen LogP) is 14.9. The molecule has 2 atom stereocenters. The Balaban J connectivity index is 0.000000188. The molecule has 9 aromatic rings.